The van der Waals surface area contributed by atoms with Gasteiger partial charge in [-0.2, -0.15) is 5.26 Å². The molecule has 1 saturated carbocycles. The highest BCUT2D eigenvalue weighted by atomic mass is 19.1. The molecular weight excluding hydrogens is 381 g/mol. The Hall–Kier alpha value is -2.94. The Morgan fingerprint density at radius 1 is 1.20 bits per heavy atom. The number of nitriles is 1. The maximum Gasteiger partial charge on any atom is 0.266 e. The highest BCUT2D eigenvalue weighted by Gasteiger charge is 2.26. The van der Waals surface area contributed by atoms with Gasteiger partial charge in [-0.25, -0.2) is 4.39 Å². The molecule has 3 rings (SSSR count). The Bertz CT molecular complexity index is 999. The number of hydrogen-bond acceptors (Lipinski definition) is 3. The van der Waals surface area contributed by atoms with Gasteiger partial charge in [-0.3, -0.25) is 9.59 Å². The molecule has 2 aromatic rings. The molecular formula is C24H28FN3O2. The fourth-order valence-electron chi connectivity index (χ4n) is 4.42. The highest BCUT2D eigenvalue weighted by molar-refractivity contribution is 5.77. The number of rotatable bonds is 7. The smallest absolute Gasteiger partial charge is 0.266 e. The Labute approximate surface area is 176 Å². The molecule has 0 radical (unpaired) electrons. The Kier molecular flexibility index (Phi) is 7.04. The number of amides is 1. The van der Waals surface area contributed by atoms with E-state index in [0.717, 1.165) is 36.8 Å². The molecule has 6 heteroatoms. The van der Waals surface area contributed by atoms with Gasteiger partial charge in [0.2, 0.25) is 5.91 Å². The quantitative estimate of drug-likeness (QED) is 0.752. The van der Waals surface area contributed by atoms with Crippen molar-refractivity contribution in [2.24, 2.45) is 0 Å². The van der Waals surface area contributed by atoms with E-state index in [-0.39, 0.29) is 28.9 Å². The van der Waals surface area contributed by atoms with Crippen molar-refractivity contribution in [3.8, 4) is 6.07 Å². The summed E-state index contributed by atoms with van der Waals surface area (Å²) in [5, 5.41) is 9.25. The van der Waals surface area contributed by atoms with Crippen molar-refractivity contribution in [1.29, 1.82) is 5.26 Å². The lowest BCUT2D eigenvalue weighted by atomic mass is 9.98. The molecule has 1 aliphatic rings. The van der Waals surface area contributed by atoms with Crippen LogP contribution in [0.5, 0.6) is 0 Å². The molecule has 0 bridgehead atoms. The fraction of sp³-hybridized carbons (Fsp3) is 0.458. The molecule has 1 amide bonds. The van der Waals surface area contributed by atoms with Crippen molar-refractivity contribution in [2.45, 2.75) is 64.8 Å². The van der Waals surface area contributed by atoms with Crippen molar-refractivity contribution >= 4 is 5.91 Å². The zero-order valence-corrected chi connectivity index (χ0v) is 17.6. The average molecular weight is 410 g/mol. The summed E-state index contributed by atoms with van der Waals surface area (Å²) in [7, 11) is 0. The van der Waals surface area contributed by atoms with Crippen molar-refractivity contribution in [3.63, 3.8) is 0 Å². The zero-order chi connectivity index (χ0) is 21.7. The molecule has 0 aliphatic heterocycles. The monoisotopic (exact) mass is 409 g/mol. The van der Waals surface area contributed by atoms with Crippen LogP contribution in [0.25, 0.3) is 0 Å². The van der Waals surface area contributed by atoms with E-state index < -0.39 is 0 Å². The molecule has 0 unspecified atom stereocenters. The zero-order valence-electron chi connectivity index (χ0n) is 17.6. The van der Waals surface area contributed by atoms with Crippen molar-refractivity contribution in [1.82, 2.24) is 9.88 Å². The molecule has 0 spiro atoms. The summed E-state index contributed by atoms with van der Waals surface area (Å²) in [6.07, 6.45) is 5.82. The third-order valence-corrected chi connectivity index (χ3v) is 6.15. The number of nitrogens with zero attached hydrogens (tertiary/aromatic N) is 2. The van der Waals surface area contributed by atoms with Gasteiger partial charge in [-0.1, -0.05) is 25.0 Å². The first-order valence-electron chi connectivity index (χ1n) is 10.6. The molecule has 1 heterocycles. The van der Waals surface area contributed by atoms with Crippen LogP contribution >= 0.6 is 0 Å². The summed E-state index contributed by atoms with van der Waals surface area (Å²) in [4.78, 5) is 29.8. The number of hydrogen-bond donors (Lipinski definition) is 1. The van der Waals surface area contributed by atoms with Gasteiger partial charge >= 0.3 is 0 Å². The SMILES string of the molecule is Cc1[nH]c(=O)c(C#N)c(C)c1CCC(=O)N(CCc1ccc(F)cc1)C1CCCC1. The van der Waals surface area contributed by atoms with Crippen LogP contribution in [0.3, 0.4) is 0 Å². The second-order valence-electron chi connectivity index (χ2n) is 8.07. The van der Waals surface area contributed by atoms with Crippen LogP contribution < -0.4 is 5.56 Å². The average Bonchev–Trinajstić information content (AvgIpc) is 3.24. The standard InChI is InChI=1S/C24H28FN3O2/c1-16-21(17(2)27-24(30)22(16)15-26)11-12-23(29)28(20-5-3-4-6-20)14-13-18-7-9-19(25)10-8-18/h7-10,20H,3-6,11-14H2,1-2H3,(H,27,30). The minimum Gasteiger partial charge on any atom is -0.339 e. The maximum absolute atomic E-state index is 13.2. The van der Waals surface area contributed by atoms with Gasteiger partial charge in [-0.15, -0.1) is 0 Å². The molecule has 0 atom stereocenters. The van der Waals surface area contributed by atoms with Gasteiger partial charge in [-0.05, 0) is 68.4 Å². The summed E-state index contributed by atoms with van der Waals surface area (Å²) < 4.78 is 13.2. The molecule has 158 valence electrons. The highest BCUT2D eigenvalue weighted by Crippen LogP contribution is 2.25. The molecule has 1 aromatic carbocycles. The third-order valence-electron chi connectivity index (χ3n) is 6.15. The van der Waals surface area contributed by atoms with Crippen LogP contribution in [0.4, 0.5) is 4.39 Å². The minimum absolute atomic E-state index is 0.0903. The lowest BCUT2D eigenvalue weighted by Crippen LogP contribution is -2.40. The second kappa shape index (κ2) is 9.71. The number of benzene rings is 1. The van der Waals surface area contributed by atoms with E-state index in [1.807, 2.05) is 11.0 Å². The van der Waals surface area contributed by atoms with Crippen LogP contribution in [0, 0.1) is 31.0 Å². The molecule has 5 nitrogen and oxygen atoms in total. The van der Waals surface area contributed by atoms with Crippen LogP contribution in [0.2, 0.25) is 0 Å². The fourth-order valence-corrected chi connectivity index (χ4v) is 4.42. The Morgan fingerprint density at radius 3 is 2.50 bits per heavy atom. The summed E-state index contributed by atoms with van der Waals surface area (Å²) in [5.41, 5.74) is 2.98. The number of aromatic amines is 1. The van der Waals surface area contributed by atoms with Crippen molar-refractivity contribution in [2.75, 3.05) is 6.54 Å². The van der Waals surface area contributed by atoms with Crippen LogP contribution in [0.15, 0.2) is 29.1 Å². The molecule has 1 N–H and O–H groups in total. The lowest BCUT2D eigenvalue weighted by Gasteiger charge is -2.29. The number of halogens is 1. The second-order valence-corrected chi connectivity index (χ2v) is 8.07. The van der Waals surface area contributed by atoms with E-state index >= 15 is 0 Å². The first kappa shape index (κ1) is 21.8. The number of aromatic nitrogens is 1. The molecule has 30 heavy (non-hydrogen) atoms. The molecule has 1 aliphatic carbocycles. The number of H-pyrrole nitrogens is 1. The lowest BCUT2D eigenvalue weighted by molar-refractivity contribution is -0.133. The van der Waals surface area contributed by atoms with Gasteiger partial charge in [0.25, 0.3) is 5.56 Å². The Morgan fingerprint density at radius 2 is 1.87 bits per heavy atom. The first-order chi connectivity index (χ1) is 14.4. The topological polar surface area (TPSA) is 77.0 Å². The van der Waals surface area contributed by atoms with Crippen LogP contribution in [-0.2, 0) is 17.6 Å². The van der Waals surface area contributed by atoms with E-state index in [1.54, 1.807) is 26.0 Å². The molecule has 1 fully saturated rings. The number of pyridine rings is 1. The van der Waals surface area contributed by atoms with Gasteiger partial charge in [0.15, 0.2) is 0 Å². The van der Waals surface area contributed by atoms with Gasteiger partial charge in [0.1, 0.15) is 17.4 Å². The number of nitrogens with one attached hydrogen (secondary N) is 1. The minimum atomic E-state index is -0.380. The first-order valence-corrected chi connectivity index (χ1v) is 10.6. The van der Waals surface area contributed by atoms with E-state index in [2.05, 4.69) is 4.98 Å². The van der Waals surface area contributed by atoms with Gasteiger partial charge < -0.3 is 9.88 Å². The predicted octanol–water partition coefficient (Wildman–Crippen LogP) is 3.95. The van der Waals surface area contributed by atoms with E-state index in [0.29, 0.717) is 37.1 Å². The van der Waals surface area contributed by atoms with Gasteiger partial charge in [0, 0.05) is 24.7 Å². The predicted molar refractivity (Wildman–Crippen MR) is 114 cm³/mol. The van der Waals surface area contributed by atoms with E-state index in [4.69, 9.17) is 0 Å². The number of carbonyl (C=O) groups excluding carboxylic acids is 1. The Balaban J connectivity index is 1.71. The van der Waals surface area contributed by atoms with Crippen LogP contribution in [-0.4, -0.2) is 28.4 Å². The number of aryl methyl sites for hydroxylation is 1. The van der Waals surface area contributed by atoms with Crippen molar-refractivity contribution in [3.05, 3.63) is 68.4 Å². The molecule has 0 saturated heterocycles. The third kappa shape index (κ3) is 4.96. The summed E-state index contributed by atoms with van der Waals surface area (Å²) in [5.74, 6) is -0.168. The summed E-state index contributed by atoms with van der Waals surface area (Å²) in [6, 6.07) is 8.65. The normalized spacial score (nSPS) is 13.9. The van der Waals surface area contributed by atoms with Crippen molar-refractivity contribution < 1.29 is 9.18 Å². The molecule has 1 aromatic heterocycles. The van der Waals surface area contributed by atoms with E-state index in [1.165, 1.54) is 12.1 Å². The van der Waals surface area contributed by atoms with E-state index in [9.17, 15) is 19.2 Å². The largest absolute Gasteiger partial charge is 0.339 e. The summed E-state index contributed by atoms with van der Waals surface area (Å²) >= 11 is 0. The van der Waals surface area contributed by atoms with Crippen LogP contribution in [0.1, 0.15) is 60.1 Å². The summed E-state index contributed by atoms with van der Waals surface area (Å²) in [6.45, 7) is 4.19. The van der Waals surface area contributed by atoms with Gasteiger partial charge in [0.05, 0.1) is 0 Å². The number of carbonyl (C=O) groups is 1. The maximum atomic E-state index is 13.2.